The smallest absolute Gasteiger partial charge is 0.336 e. The number of aromatic amines is 1. The minimum Gasteiger partial charge on any atom is -0.756 e. The van der Waals surface area contributed by atoms with Gasteiger partial charge in [0.05, 0.1) is 12.8 Å². The van der Waals surface area contributed by atoms with Crippen molar-refractivity contribution >= 4 is 38.7 Å². The molecule has 320 valence electrons. The lowest BCUT2D eigenvalue weighted by Gasteiger charge is -2.41. The number of nitrogens with zero attached hydrogens (tertiary/aromatic N) is 2. The van der Waals surface area contributed by atoms with E-state index in [9.17, 15) is 63.6 Å². The van der Waals surface area contributed by atoms with Crippen molar-refractivity contribution in [2.45, 2.75) is 75.0 Å². The van der Waals surface area contributed by atoms with Gasteiger partial charge in [-0.05, 0) is 37.5 Å². The number of aliphatic hydroxyl groups is 5. The van der Waals surface area contributed by atoms with Crippen LogP contribution in [0.15, 0.2) is 60.5 Å². The number of nitrogens with one attached hydrogen (secondary N) is 2. The van der Waals surface area contributed by atoms with E-state index in [1.165, 1.54) is 12.1 Å². The molecule has 3 aromatic rings. The van der Waals surface area contributed by atoms with Crippen LogP contribution in [0.2, 0.25) is 0 Å². The van der Waals surface area contributed by atoms with Gasteiger partial charge in [0.2, 0.25) is 0 Å². The lowest BCUT2D eigenvalue weighted by atomic mass is 10.00. The summed E-state index contributed by atoms with van der Waals surface area (Å²) >= 11 is 0. The van der Waals surface area contributed by atoms with E-state index in [1.807, 2.05) is 4.98 Å². The van der Waals surface area contributed by atoms with E-state index >= 15 is 0 Å². The molecule has 2 fully saturated rings. The Kier molecular flexibility index (Phi) is 14.9. The van der Waals surface area contributed by atoms with Crippen molar-refractivity contribution < 1.29 is 86.1 Å². The van der Waals surface area contributed by atoms with Crippen LogP contribution in [0.3, 0.4) is 0 Å². The van der Waals surface area contributed by atoms with Crippen LogP contribution < -0.4 is 36.7 Å². The second-order valence-corrected chi connectivity index (χ2v) is 15.6. The third-order valence-corrected chi connectivity index (χ3v) is 11.0. The van der Waals surface area contributed by atoms with Gasteiger partial charge in [-0.3, -0.25) is 32.8 Å². The fraction of sp³-hybridized carbons (Fsp3) is 0.516. The molecule has 2 aromatic heterocycles. The van der Waals surface area contributed by atoms with Crippen LogP contribution in [0.25, 0.3) is 11.0 Å². The molecular formula is C31H38N4O21P2-2. The summed E-state index contributed by atoms with van der Waals surface area (Å²) in [5.74, 6) is -0.108. The van der Waals surface area contributed by atoms with Gasteiger partial charge in [-0.15, -0.1) is 0 Å². The van der Waals surface area contributed by atoms with Crippen molar-refractivity contribution in [3.05, 3.63) is 73.4 Å². The highest BCUT2D eigenvalue weighted by atomic mass is 31.3. The van der Waals surface area contributed by atoms with Gasteiger partial charge in [0.1, 0.15) is 60.7 Å². The first-order chi connectivity index (χ1) is 27.3. The number of H-pyrrole nitrogens is 1. The maximum atomic E-state index is 12.5. The number of unbranched alkanes of at least 4 members (excludes halogenated alkanes) is 1. The zero-order chi connectivity index (χ0) is 42.4. The molecule has 11 atom stereocenters. The second-order valence-electron chi connectivity index (χ2n) is 12.7. The first-order valence-electron chi connectivity index (χ1n) is 17.1. The van der Waals surface area contributed by atoms with Crippen LogP contribution in [0.5, 0.6) is 5.75 Å². The maximum absolute atomic E-state index is 12.5. The Morgan fingerprint density at radius 2 is 1.74 bits per heavy atom. The van der Waals surface area contributed by atoms with Gasteiger partial charge in [0.15, 0.2) is 19.1 Å². The van der Waals surface area contributed by atoms with Crippen molar-refractivity contribution in [1.82, 2.24) is 14.9 Å². The van der Waals surface area contributed by atoms with Crippen molar-refractivity contribution in [1.29, 1.82) is 0 Å². The van der Waals surface area contributed by atoms with E-state index in [-0.39, 0.29) is 19.8 Å². The highest BCUT2D eigenvalue weighted by molar-refractivity contribution is 7.59. The molecule has 0 aliphatic carbocycles. The highest BCUT2D eigenvalue weighted by Gasteiger charge is 2.47. The number of fused-ring (bicyclic) bond motifs is 1. The fourth-order valence-corrected chi connectivity index (χ4v) is 7.62. The fourth-order valence-electron chi connectivity index (χ4n) is 5.54. The predicted molar refractivity (Wildman–Crippen MR) is 187 cm³/mol. The minimum atomic E-state index is -6.03. The van der Waals surface area contributed by atoms with Gasteiger partial charge in [0, 0.05) is 36.3 Å². The SMILES string of the molecule is Cc1cc(=O)oc2cc(OCC(=O)NCCCCON=C[C@H]3O[C@H](OP(=O)([O-])OP(=O)([O-])OC[C@H]4O[C@@H](n5ccc(=O)[nH]c5=O)C(O)[C@H]4O)[C@H](O)[C@@H](O)[C@H]3O)ccc12. The molecule has 7 N–H and O–H groups in total. The third kappa shape index (κ3) is 11.7. The molecule has 27 heteroatoms. The molecular weight excluding hydrogens is 826 g/mol. The number of hydrogen-bond donors (Lipinski definition) is 7. The summed E-state index contributed by atoms with van der Waals surface area (Å²) in [6.45, 7) is 0.510. The first kappa shape index (κ1) is 44.9. The number of benzene rings is 1. The van der Waals surface area contributed by atoms with Crippen LogP contribution in [-0.2, 0) is 41.6 Å². The predicted octanol–water partition coefficient (Wildman–Crippen LogP) is -3.66. The number of aryl methyl sites for hydroxylation is 1. The second kappa shape index (κ2) is 19.3. The normalized spacial score (nSPS) is 28.2. The topological polar surface area (TPSA) is 373 Å². The van der Waals surface area contributed by atoms with Crippen molar-refractivity contribution in [3.8, 4) is 5.75 Å². The van der Waals surface area contributed by atoms with Crippen molar-refractivity contribution in [2.75, 3.05) is 26.4 Å². The molecule has 1 aromatic carbocycles. The minimum absolute atomic E-state index is 0.0188. The molecule has 2 aliphatic heterocycles. The standard InChI is InChI=1S/C31H40N4O21P2/c1-15-10-23(38)52-18-11-16(4-5-17(15)18)49-14-22(37)32-7-2-3-9-50-33-12-19-24(39)26(41)28(43)30(54-19)55-58(47,48)56-57(45,46)51-13-20-25(40)27(42)29(53-20)35-8-6-21(36)34-31(35)44/h4-6,8,10-12,19-20,24-30,39-43H,2-3,7,9,13-14H2,1H3,(H,32,37)(H,45,46)(H,47,48)(H,34,36,44)/p-2/t19-,20-,24+,25+,26+,27?,28-,29-,30-/m1/s1. The molecule has 4 heterocycles. The average molecular weight is 865 g/mol. The molecule has 2 aliphatic rings. The zero-order valence-electron chi connectivity index (χ0n) is 30.0. The highest BCUT2D eigenvalue weighted by Crippen LogP contribution is 2.57. The van der Waals surface area contributed by atoms with Gasteiger partial charge in [-0.25, -0.2) is 13.9 Å². The quantitative estimate of drug-likeness (QED) is 0.0213. The Morgan fingerprint density at radius 3 is 2.48 bits per heavy atom. The third-order valence-electron chi connectivity index (χ3n) is 8.46. The number of oxime groups is 1. The van der Waals surface area contributed by atoms with Gasteiger partial charge in [-0.1, -0.05) is 5.16 Å². The molecule has 3 unspecified atom stereocenters. The molecule has 58 heavy (non-hydrogen) atoms. The van der Waals surface area contributed by atoms with Crippen LogP contribution in [0.4, 0.5) is 0 Å². The average Bonchev–Trinajstić information content (AvgIpc) is 3.42. The molecule has 0 bridgehead atoms. The number of aromatic nitrogens is 2. The Morgan fingerprint density at radius 1 is 0.983 bits per heavy atom. The maximum Gasteiger partial charge on any atom is 0.336 e. The molecule has 0 spiro atoms. The number of carbonyl (C=O) groups is 1. The van der Waals surface area contributed by atoms with E-state index in [0.717, 1.165) is 29.4 Å². The van der Waals surface area contributed by atoms with E-state index in [0.29, 0.717) is 28.7 Å². The van der Waals surface area contributed by atoms with Crippen molar-refractivity contribution in [3.63, 3.8) is 0 Å². The number of rotatable bonds is 18. The van der Waals surface area contributed by atoms with Crippen molar-refractivity contribution in [2.24, 2.45) is 5.16 Å². The first-order valence-corrected chi connectivity index (χ1v) is 20.0. The summed E-state index contributed by atoms with van der Waals surface area (Å²) < 4.78 is 59.4. The lowest BCUT2D eigenvalue weighted by molar-refractivity contribution is -0.292. The van der Waals surface area contributed by atoms with Crippen LogP contribution in [0, 0.1) is 6.92 Å². The number of aliphatic hydroxyl groups excluding tert-OH is 5. The number of carbonyl (C=O) groups excluding carboxylic acids is 1. The summed E-state index contributed by atoms with van der Waals surface area (Å²) in [5.41, 5.74) is -1.28. The van der Waals surface area contributed by atoms with Gasteiger partial charge in [0.25, 0.3) is 27.1 Å². The molecule has 0 radical (unpaired) electrons. The van der Waals surface area contributed by atoms with Gasteiger partial charge in [-0.2, -0.15) is 0 Å². The molecule has 0 saturated carbocycles. The summed E-state index contributed by atoms with van der Waals surface area (Å²) in [6, 6.07) is 7.11. The van der Waals surface area contributed by atoms with Crippen LogP contribution >= 0.6 is 15.6 Å². The number of phosphoric acid groups is 2. The summed E-state index contributed by atoms with van der Waals surface area (Å²) in [7, 11) is -11.9. The number of phosphoric ester groups is 2. The Labute approximate surface area is 325 Å². The number of amides is 1. The van der Waals surface area contributed by atoms with Gasteiger partial charge >= 0.3 is 11.3 Å². The van der Waals surface area contributed by atoms with E-state index in [1.54, 1.807) is 19.1 Å². The zero-order valence-corrected chi connectivity index (χ0v) is 31.8. The molecule has 1 amide bonds. The van der Waals surface area contributed by atoms with Crippen LogP contribution in [-0.4, -0.2) is 123 Å². The number of hydrogen-bond acceptors (Lipinski definition) is 22. The largest absolute Gasteiger partial charge is 0.756 e. The van der Waals surface area contributed by atoms with E-state index in [2.05, 4.69) is 23.8 Å². The van der Waals surface area contributed by atoms with Crippen LogP contribution in [0.1, 0.15) is 24.6 Å². The molecule has 5 rings (SSSR count). The summed E-state index contributed by atoms with van der Waals surface area (Å²) in [5, 5.41) is 58.2. The van der Waals surface area contributed by atoms with E-state index in [4.69, 9.17) is 23.5 Å². The molecule has 2 saturated heterocycles. The Bertz CT molecular complexity index is 2210. The molecule has 25 nitrogen and oxygen atoms in total. The van der Waals surface area contributed by atoms with Gasteiger partial charge < -0.3 is 68.6 Å². The van der Waals surface area contributed by atoms with E-state index < -0.39 is 100 Å². The Hall–Kier alpha value is -4.17. The summed E-state index contributed by atoms with van der Waals surface area (Å²) in [6.07, 6.45) is -14.8. The Balaban J connectivity index is 1.02. The summed E-state index contributed by atoms with van der Waals surface area (Å²) in [4.78, 5) is 78.9. The monoisotopic (exact) mass is 864 g/mol. The lowest BCUT2D eigenvalue weighted by Crippen LogP contribution is -2.58. The number of ether oxygens (including phenoxy) is 3.